The van der Waals surface area contributed by atoms with Crippen molar-refractivity contribution in [3.05, 3.63) is 29.8 Å². The molecule has 1 unspecified atom stereocenters. The topological polar surface area (TPSA) is 23.5 Å². The molecule has 1 aromatic rings. The summed E-state index contributed by atoms with van der Waals surface area (Å²) >= 11 is 0. The Balaban J connectivity index is 2.15. The summed E-state index contributed by atoms with van der Waals surface area (Å²) in [6.07, 6.45) is 0.672. The summed E-state index contributed by atoms with van der Waals surface area (Å²) in [5.41, 5.74) is 2.82. The number of hydrogen-bond acceptors (Lipinski definition) is 2. The van der Waals surface area contributed by atoms with Crippen LogP contribution in [0.2, 0.25) is 0 Å². The number of hydrogen-bond donors (Lipinski definition) is 1. The molecule has 2 nitrogen and oxygen atoms in total. The van der Waals surface area contributed by atoms with Gasteiger partial charge in [-0.2, -0.15) is 0 Å². The fourth-order valence-electron chi connectivity index (χ4n) is 2.74. The summed E-state index contributed by atoms with van der Waals surface area (Å²) in [5, 5.41) is 10.0. The van der Waals surface area contributed by atoms with E-state index in [1.807, 2.05) is 0 Å². The van der Waals surface area contributed by atoms with E-state index in [9.17, 15) is 5.11 Å². The number of benzene rings is 1. The van der Waals surface area contributed by atoms with E-state index in [4.69, 9.17) is 0 Å². The van der Waals surface area contributed by atoms with Gasteiger partial charge < -0.3 is 10.0 Å². The average Bonchev–Trinajstić information content (AvgIpc) is 2.32. The summed E-state index contributed by atoms with van der Waals surface area (Å²) in [6.45, 7) is 12.9. The normalized spacial score (nSPS) is 23.5. The van der Waals surface area contributed by atoms with Crippen molar-refractivity contribution >= 4 is 5.69 Å². The van der Waals surface area contributed by atoms with Gasteiger partial charge in [0.15, 0.2) is 0 Å². The SMILES string of the molecule is CC(C)(C)c1ccc(N2CCC(O)C(C)(C)C2)cc1. The van der Waals surface area contributed by atoms with Crippen LogP contribution in [-0.2, 0) is 5.41 Å². The molecule has 19 heavy (non-hydrogen) atoms. The van der Waals surface area contributed by atoms with Gasteiger partial charge in [-0.3, -0.25) is 0 Å². The molecule has 1 heterocycles. The first-order valence-corrected chi connectivity index (χ1v) is 7.24. The van der Waals surface area contributed by atoms with E-state index in [2.05, 4.69) is 63.8 Å². The van der Waals surface area contributed by atoms with Crippen molar-refractivity contribution in [2.24, 2.45) is 5.41 Å². The highest BCUT2D eigenvalue weighted by Crippen LogP contribution is 2.33. The van der Waals surface area contributed by atoms with Gasteiger partial charge in [0, 0.05) is 24.2 Å². The van der Waals surface area contributed by atoms with Gasteiger partial charge in [-0.25, -0.2) is 0 Å². The maximum absolute atomic E-state index is 10.0. The lowest BCUT2D eigenvalue weighted by atomic mass is 9.81. The maximum atomic E-state index is 10.0. The molecular formula is C17H27NO. The van der Waals surface area contributed by atoms with Gasteiger partial charge in [-0.15, -0.1) is 0 Å². The standard InChI is InChI=1S/C17H27NO/c1-16(2,3)13-6-8-14(9-7-13)18-11-10-15(19)17(4,5)12-18/h6-9,15,19H,10-12H2,1-5H3. The summed E-state index contributed by atoms with van der Waals surface area (Å²) in [4.78, 5) is 2.39. The largest absolute Gasteiger partial charge is 0.392 e. The number of aliphatic hydroxyl groups excluding tert-OH is 1. The van der Waals surface area contributed by atoms with E-state index in [-0.39, 0.29) is 16.9 Å². The first-order chi connectivity index (χ1) is 8.70. The van der Waals surface area contributed by atoms with Gasteiger partial charge in [0.25, 0.3) is 0 Å². The molecule has 0 bridgehead atoms. The van der Waals surface area contributed by atoms with E-state index in [0.717, 1.165) is 19.5 Å². The molecule has 1 aromatic carbocycles. The lowest BCUT2D eigenvalue weighted by Crippen LogP contribution is -2.48. The predicted molar refractivity (Wildman–Crippen MR) is 81.8 cm³/mol. The smallest absolute Gasteiger partial charge is 0.0624 e. The fourth-order valence-corrected chi connectivity index (χ4v) is 2.74. The van der Waals surface area contributed by atoms with E-state index in [1.165, 1.54) is 11.3 Å². The average molecular weight is 261 g/mol. The van der Waals surface area contributed by atoms with Crippen LogP contribution in [0.25, 0.3) is 0 Å². The highest BCUT2D eigenvalue weighted by molar-refractivity contribution is 5.49. The second-order valence-electron chi connectivity index (χ2n) is 7.51. The number of nitrogens with zero attached hydrogens (tertiary/aromatic N) is 1. The zero-order valence-corrected chi connectivity index (χ0v) is 12.9. The summed E-state index contributed by atoms with van der Waals surface area (Å²) in [6, 6.07) is 8.89. The zero-order valence-electron chi connectivity index (χ0n) is 12.9. The Labute approximate surface area is 117 Å². The van der Waals surface area contributed by atoms with Crippen LogP contribution in [0.15, 0.2) is 24.3 Å². The minimum atomic E-state index is -0.183. The summed E-state index contributed by atoms with van der Waals surface area (Å²) in [5.74, 6) is 0. The Morgan fingerprint density at radius 2 is 1.74 bits per heavy atom. The molecule has 2 heteroatoms. The van der Waals surface area contributed by atoms with Gasteiger partial charge in [0.2, 0.25) is 0 Å². The molecule has 1 aliphatic heterocycles. The Kier molecular flexibility index (Phi) is 3.65. The maximum Gasteiger partial charge on any atom is 0.0624 e. The van der Waals surface area contributed by atoms with Crippen LogP contribution in [0.5, 0.6) is 0 Å². The van der Waals surface area contributed by atoms with Crippen LogP contribution in [0.4, 0.5) is 5.69 Å². The van der Waals surface area contributed by atoms with Crippen molar-refractivity contribution < 1.29 is 5.11 Å². The molecule has 0 radical (unpaired) electrons. The lowest BCUT2D eigenvalue weighted by Gasteiger charge is -2.43. The molecule has 0 saturated carbocycles. The van der Waals surface area contributed by atoms with Gasteiger partial charge in [-0.1, -0.05) is 46.8 Å². The van der Waals surface area contributed by atoms with Gasteiger partial charge in [0.05, 0.1) is 6.10 Å². The number of rotatable bonds is 1. The van der Waals surface area contributed by atoms with Crippen molar-refractivity contribution in [1.29, 1.82) is 0 Å². The Morgan fingerprint density at radius 3 is 2.21 bits per heavy atom. The highest BCUT2D eigenvalue weighted by atomic mass is 16.3. The van der Waals surface area contributed by atoms with Crippen LogP contribution in [0.3, 0.4) is 0 Å². The first kappa shape index (κ1) is 14.4. The third-order valence-corrected chi connectivity index (χ3v) is 4.27. The fraction of sp³-hybridized carbons (Fsp3) is 0.647. The minimum Gasteiger partial charge on any atom is -0.392 e. The van der Waals surface area contributed by atoms with Gasteiger partial charge in [-0.05, 0) is 29.5 Å². The van der Waals surface area contributed by atoms with Crippen molar-refractivity contribution in [3.63, 3.8) is 0 Å². The van der Waals surface area contributed by atoms with Crippen LogP contribution < -0.4 is 4.90 Å². The van der Waals surface area contributed by atoms with Crippen LogP contribution in [0.1, 0.15) is 46.6 Å². The van der Waals surface area contributed by atoms with Crippen molar-refractivity contribution in [1.82, 2.24) is 0 Å². The molecule has 1 aliphatic rings. The molecule has 1 atom stereocenters. The lowest BCUT2D eigenvalue weighted by molar-refractivity contribution is 0.0336. The van der Waals surface area contributed by atoms with E-state index in [0.29, 0.717) is 0 Å². The van der Waals surface area contributed by atoms with Crippen LogP contribution in [-0.4, -0.2) is 24.3 Å². The third-order valence-electron chi connectivity index (χ3n) is 4.27. The Morgan fingerprint density at radius 1 is 1.16 bits per heavy atom. The summed E-state index contributed by atoms with van der Waals surface area (Å²) < 4.78 is 0. The first-order valence-electron chi connectivity index (χ1n) is 7.24. The quantitative estimate of drug-likeness (QED) is 0.835. The molecule has 1 N–H and O–H groups in total. The Bertz CT molecular complexity index is 428. The van der Waals surface area contributed by atoms with Crippen LogP contribution in [0, 0.1) is 5.41 Å². The van der Waals surface area contributed by atoms with Gasteiger partial charge in [0.1, 0.15) is 0 Å². The Hall–Kier alpha value is -1.02. The van der Waals surface area contributed by atoms with Crippen molar-refractivity contribution in [3.8, 4) is 0 Å². The van der Waals surface area contributed by atoms with Crippen molar-refractivity contribution in [2.75, 3.05) is 18.0 Å². The van der Waals surface area contributed by atoms with E-state index < -0.39 is 0 Å². The predicted octanol–water partition coefficient (Wildman–Crippen LogP) is 3.58. The molecule has 106 valence electrons. The van der Waals surface area contributed by atoms with E-state index in [1.54, 1.807) is 0 Å². The molecule has 0 amide bonds. The zero-order chi connectivity index (χ0) is 14.3. The highest BCUT2D eigenvalue weighted by Gasteiger charge is 2.34. The van der Waals surface area contributed by atoms with E-state index >= 15 is 0 Å². The molecule has 2 rings (SSSR count). The molecule has 0 spiro atoms. The van der Waals surface area contributed by atoms with Gasteiger partial charge >= 0.3 is 0 Å². The third kappa shape index (κ3) is 3.11. The number of anilines is 1. The molecule has 0 aromatic heterocycles. The molecule has 0 aliphatic carbocycles. The van der Waals surface area contributed by atoms with Crippen LogP contribution >= 0.6 is 0 Å². The minimum absolute atomic E-state index is 0.0268. The summed E-state index contributed by atoms with van der Waals surface area (Å²) in [7, 11) is 0. The molecule has 1 fully saturated rings. The molecule has 1 saturated heterocycles. The second-order valence-corrected chi connectivity index (χ2v) is 7.51. The molecular weight excluding hydrogens is 234 g/mol. The van der Waals surface area contributed by atoms with Crippen molar-refractivity contribution in [2.45, 2.75) is 52.6 Å². The number of aliphatic hydroxyl groups is 1. The second kappa shape index (κ2) is 4.82. The monoisotopic (exact) mass is 261 g/mol. The number of piperidine rings is 1.